The molecular formula is C64H124O17P2. The Hall–Kier alpha value is -1.94. The van der Waals surface area contributed by atoms with Crippen molar-refractivity contribution in [1.82, 2.24) is 0 Å². The van der Waals surface area contributed by atoms with E-state index >= 15 is 0 Å². The predicted molar refractivity (Wildman–Crippen MR) is 331 cm³/mol. The van der Waals surface area contributed by atoms with Gasteiger partial charge in [-0.1, -0.05) is 254 Å². The van der Waals surface area contributed by atoms with Crippen LogP contribution in [0.15, 0.2) is 0 Å². The van der Waals surface area contributed by atoms with Crippen molar-refractivity contribution in [2.45, 2.75) is 324 Å². The van der Waals surface area contributed by atoms with Crippen LogP contribution in [0.4, 0.5) is 0 Å². The molecule has 0 heterocycles. The van der Waals surface area contributed by atoms with E-state index in [1.807, 2.05) is 0 Å². The average molecular weight is 1230 g/mol. The molecule has 0 aromatic rings. The van der Waals surface area contributed by atoms with Crippen LogP contribution in [0.1, 0.15) is 306 Å². The monoisotopic (exact) mass is 1230 g/mol. The molecule has 3 N–H and O–H groups in total. The maximum absolute atomic E-state index is 13.0. The molecule has 0 fully saturated rings. The normalized spacial score (nSPS) is 14.4. The van der Waals surface area contributed by atoms with E-state index in [0.29, 0.717) is 37.5 Å². The standard InChI is InChI=1S/C64H124O17P2/c1-54(2)40-32-24-16-12-9-10-14-18-30-38-46-63(68)80-59(50-74-61(66)44-36-28-22-20-26-34-42-56(5)6)52-78-82(70,71)76-48-58(65)49-77-83(72,73)79-53-60(51-75-62(67)45-37-29-23-21-27-35-43-57(7)8)81-64(69)47-39-31-19-15-11-13-17-25-33-41-55(3)4/h54-60,65H,9-53H2,1-8H3,(H,70,71)(H,72,73)/t58-,59-,60-/m1/s1. The van der Waals surface area contributed by atoms with Gasteiger partial charge in [-0.15, -0.1) is 0 Å². The smallest absolute Gasteiger partial charge is 0.462 e. The summed E-state index contributed by atoms with van der Waals surface area (Å²) in [6.07, 6.45) is 33.8. The van der Waals surface area contributed by atoms with Crippen molar-refractivity contribution in [3.63, 3.8) is 0 Å². The molecule has 0 aromatic heterocycles. The van der Waals surface area contributed by atoms with Crippen LogP contribution in [-0.2, 0) is 65.4 Å². The Balaban J connectivity index is 5.24. The van der Waals surface area contributed by atoms with Gasteiger partial charge in [-0.3, -0.25) is 37.3 Å². The number of aliphatic hydroxyl groups excluding tert-OH is 1. The molecular weight excluding hydrogens is 1100 g/mol. The quantitative estimate of drug-likeness (QED) is 0.0222. The Morgan fingerprint density at radius 2 is 0.506 bits per heavy atom. The third kappa shape index (κ3) is 58.8. The number of carbonyl (C=O) groups excluding carboxylic acids is 4. The van der Waals surface area contributed by atoms with Gasteiger partial charge in [0.25, 0.3) is 0 Å². The van der Waals surface area contributed by atoms with Gasteiger partial charge in [-0.2, -0.15) is 0 Å². The van der Waals surface area contributed by atoms with E-state index in [0.717, 1.165) is 115 Å². The van der Waals surface area contributed by atoms with Crippen LogP contribution in [0.2, 0.25) is 0 Å². The van der Waals surface area contributed by atoms with Crippen molar-refractivity contribution in [3.05, 3.63) is 0 Å². The van der Waals surface area contributed by atoms with Gasteiger partial charge >= 0.3 is 39.5 Å². The fraction of sp³-hybridized carbons (Fsp3) is 0.938. The molecule has 0 aromatic carbocycles. The molecule has 0 rings (SSSR count). The molecule has 0 radical (unpaired) electrons. The van der Waals surface area contributed by atoms with Crippen LogP contribution in [0.25, 0.3) is 0 Å². The molecule has 0 aliphatic carbocycles. The molecule has 0 saturated carbocycles. The van der Waals surface area contributed by atoms with Gasteiger partial charge < -0.3 is 33.8 Å². The zero-order chi connectivity index (χ0) is 61.8. The molecule has 0 amide bonds. The molecule has 492 valence electrons. The van der Waals surface area contributed by atoms with Crippen LogP contribution >= 0.6 is 15.6 Å². The van der Waals surface area contributed by atoms with Gasteiger partial charge in [0.2, 0.25) is 0 Å². The topological polar surface area (TPSA) is 237 Å². The number of rotatable bonds is 61. The van der Waals surface area contributed by atoms with Gasteiger partial charge in [0.15, 0.2) is 12.2 Å². The van der Waals surface area contributed by atoms with Crippen molar-refractivity contribution in [1.29, 1.82) is 0 Å². The summed E-state index contributed by atoms with van der Waals surface area (Å²) < 4.78 is 68.0. The number of aliphatic hydroxyl groups is 1. The minimum atomic E-state index is -4.94. The molecule has 0 spiro atoms. The minimum absolute atomic E-state index is 0.103. The summed E-state index contributed by atoms with van der Waals surface area (Å²) >= 11 is 0. The van der Waals surface area contributed by atoms with Gasteiger partial charge in [0, 0.05) is 25.7 Å². The number of hydrogen-bond donors (Lipinski definition) is 3. The van der Waals surface area contributed by atoms with Crippen molar-refractivity contribution in [3.8, 4) is 0 Å². The highest BCUT2D eigenvalue weighted by molar-refractivity contribution is 7.47. The maximum Gasteiger partial charge on any atom is 0.472 e. The van der Waals surface area contributed by atoms with Crippen molar-refractivity contribution < 1.29 is 80.2 Å². The third-order valence-corrected chi connectivity index (χ3v) is 16.5. The van der Waals surface area contributed by atoms with E-state index in [9.17, 15) is 43.2 Å². The van der Waals surface area contributed by atoms with Gasteiger partial charge in [0.05, 0.1) is 26.4 Å². The second kappa shape index (κ2) is 54.2. The van der Waals surface area contributed by atoms with Gasteiger partial charge in [-0.25, -0.2) is 9.13 Å². The Morgan fingerprint density at radius 1 is 0.301 bits per heavy atom. The van der Waals surface area contributed by atoms with E-state index in [2.05, 4.69) is 55.4 Å². The maximum atomic E-state index is 13.0. The molecule has 2 unspecified atom stereocenters. The average Bonchev–Trinajstić information content (AvgIpc) is 3.43. The summed E-state index contributed by atoms with van der Waals surface area (Å²) in [5.41, 5.74) is 0. The number of phosphoric ester groups is 2. The van der Waals surface area contributed by atoms with E-state index in [1.54, 1.807) is 0 Å². The van der Waals surface area contributed by atoms with E-state index in [-0.39, 0.29) is 25.7 Å². The summed E-state index contributed by atoms with van der Waals surface area (Å²) in [5.74, 6) is 0.705. The Labute approximate surface area is 505 Å². The first-order valence-electron chi connectivity index (χ1n) is 33.2. The summed E-state index contributed by atoms with van der Waals surface area (Å²) in [7, 11) is -9.89. The van der Waals surface area contributed by atoms with Crippen LogP contribution in [0.5, 0.6) is 0 Å². The lowest BCUT2D eigenvalue weighted by atomic mass is 10.0. The number of phosphoric acid groups is 2. The number of unbranched alkanes of at least 4 members (excludes halogenated alkanes) is 27. The predicted octanol–water partition coefficient (Wildman–Crippen LogP) is 17.4. The Morgan fingerprint density at radius 3 is 0.747 bits per heavy atom. The fourth-order valence-corrected chi connectivity index (χ4v) is 11.0. The Kier molecular flexibility index (Phi) is 53.0. The molecule has 0 saturated heterocycles. The molecule has 0 aliphatic rings. The third-order valence-electron chi connectivity index (χ3n) is 14.6. The largest absolute Gasteiger partial charge is 0.472 e. The zero-order valence-corrected chi connectivity index (χ0v) is 55.6. The molecule has 19 heteroatoms. The van der Waals surface area contributed by atoms with Crippen LogP contribution in [0.3, 0.4) is 0 Å². The summed E-state index contributed by atoms with van der Waals surface area (Å²) in [6.45, 7) is 13.9. The first kappa shape index (κ1) is 81.1. The van der Waals surface area contributed by atoms with E-state index in [1.165, 1.54) is 96.3 Å². The van der Waals surface area contributed by atoms with Crippen LogP contribution in [0, 0.1) is 23.7 Å². The number of hydrogen-bond acceptors (Lipinski definition) is 15. The molecule has 0 aliphatic heterocycles. The van der Waals surface area contributed by atoms with Crippen molar-refractivity contribution in [2.75, 3.05) is 39.6 Å². The number of carbonyl (C=O) groups is 4. The van der Waals surface area contributed by atoms with Gasteiger partial charge in [-0.05, 0) is 49.4 Å². The van der Waals surface area contributed by atoms with Crippen molar-refractivity contribution >= 4 is 39.5 Å². The number of esters is 4. The first-order chi connectivity index (χ1) is 39.6. The molecule has 83 heavy (non-hydrogen) atoms. The van der Waals surface area contributed by atoms with Crippen LogP contribution in [-0.4, -0.2) is 96.7 Å². The second-order valence-corrected chi connectivity index (χ2v) is 28.0. The van der Waals surface area contributed by atoms with Crippen molar-refractivity contribution in [2.24, 2.45) is 23.7 Å². The summed E-state index contributed by atoms with van der Waals surface area (Å²) in [6, 6.07) is 0. The summed E-state index contributed by atoms with van der Waals surface area (Å²) in [5, 5.41) is 10.5. The van der Waals surface area contributed by atoms with Gasteiger partial charge in [0.1, 0.15) is 19.3 Å². The first-order valence-corrected chi connectivity index (χ1v) is 36.2. The Bertz CT molecular complexity index is 1660. The van der Waals surface area contributed by atoms with E-state index < -0.39 is 97.5 Å². The summed E-state index contributed by atoms with van der Waals surface area (Å²) in [4.78, 5) is 72.2. The molecule has 17 nitrogen and oxygen atoms in total. The molecule has 5 atom stereocenters. The molecule has 0 bridgehead atoms. The lowest BCUT2D eigenvalue weighted by Gasteiger charge is -2.21. The fourth-order valence-electron chi connectivity index (χ4n) is 9.43. The lowest BCUT2D eigenvalue weighted by molar-refractivity contribution is -0.161. The minimum Gasteiger partial charge on any atom is -0.462 e. The second-order valence-electron chi connectivity index (χ2n) is 25.1. The highest BCUT2D eigenvalue weighted by atomic mass is 31.2. The number of ether oxygens (including phenoxy) is 4. The highest BCUT2D eigenvalue weighted by Crippen LogP contribution is 2.45. The SMILES string of the molecule is CC(C)CCCCCCCCCCCCC(=O)O[C@H](COC(=O)CCCCCCCCC(C)C)COP(=O)(O)OC[C@@H](O)COP(=O)(O)OC[C@@H](COC(=O)CCCCCCCCC(C)C)OC(=O)CCCCCCCCCCCC(C)C. The highest BCUT2D eigenvalue weighted by Gasteiger charge is 2.30. The van der Waals surface area contributed by atoms with Crippen LogP contribution < -0.4 is 0 Å². The van der Waals surface area contributed by atoms with E-state index in [4.69, 9.17) is 37.0 Å². The lowest BCUT2D eigenvalue weighted by Crippen LogP contribution is -2.30. The zero-order valence-electron chi connectivity index (χ0n) is 53.8.